The summed E-state index contributed by atoms with van der Waals surface area (Å²) in [6.45, 7) is 0. The Bertz CT molecular complexity index is 1150. The third kappa shape index (κ3) is 2.40. The highest BCUT2D eigenvalue weighted by molar-refractivity contribution is 6.23. The fraction of sp³-hybridized carbons (Fsp3) is 0.308. The quantitative estimate of drug-likeness (QED) is 0.741. The molecule has 30 heavy (non-hydrogen) atoms. The third-order valence-electron chi connectivity index (χ3n) is 6.83. The van der Waals surface area contributed by atoms with Crippen LogP contribution in [0, 0.1) is 0 Å². The lowest BCUT2D eigenvalue weighted by Gasteiger charge is -2.41. The first kappa shape index (κ1) is 17.7. The molecule has 6 rings (SSSR count). The van der Waals surface area contributed by atoms with Crippen molar-refractivity contribution in [2.24, 2.45) is 0 Å². The van der Waals surface area contributed by atoms with Crippen molar-refractivity contribution >= 4 is 17.3 Å². The van der Waals surface area contributed by atoms with Crippen molar-refractivity contribution in [2.45, 2.75) is 44.1 Å². The number of Topliss-reactive ketones (excluding diaryl/α,β-unsaturated/α-hetero) is 2. The molecule has 1 heterocycles. The van der Waals surface area contributed by atoms with Gasteiger partial charge in [0, 0.05) is 46.4 Å². The Balaban J connectivity index is 1.62. The van der Waals surface area contributed by atoms with E-state index in [1.54, 1.807) is 7.11 Å². The summed E-state index contributed by atoms with van der Waals surface area (Å²) in [5.41, 5.74) is 6.60. The van der Waals surface area contributed by atoms with Crippen LogP contribution < -0.4 is 4.74 Å². The van der Waals surface area contributed by atoms with Crippen molar-refractivity contribution in [1.82, 2.24) is 4.90 Å². The second-order valence-electron chi connectivity index (χ2n) is 8.58. The molecule has 0 bridgehead atoms. The fourth-order valence-electron chi connectivity index (χ4n) is 5.38. The SMILES string of the molecule is COc1ccc(C2C3=C(CCCC3=O)N(C3CC3)C3=C2C(=O)c2ccccc23)cc1. The van der Waals surface area contributed by atoms with Crippen LogP contribution in [-0.2, 0) is 4.79 Å². The van der Waals surface area contributed by atoms with Gasteiger partial charge in [0.15, 0.2) is 11.6 Å². The summed E-state index contributed by atoms with van der Waals surface area (Å²) >= 11 is 0. The maximum absolute atomic E-state index is 13.7. The average molecular weight is 397 g/mol. The molecule has 2 aromatic rings. The summed E-state index contributed by atoms with van der Waals surface area (Å²) in [4.78, 5) is 29.3. The first-order valence-electron chi connectivity index (χ1n) is 10.8. The van der Waals surface area contributed by atoms with Gasteiger partial charge in [-0.05, 0) is 43.4 Å². The van der Waals surface area contributed by atoms with E-state index in [1.165, 1.54) is 0 Å². The lowest BCUT2D eigenvalue weighted by atomic mass is 9.74. The van der Waals surface area contributed by atoms with Gasteiger partial charge in [0.1, 0.15) is 5.75 Å². The van der Waals surface area contributed by atoms with Crippen LogP contribution >= 0.6 is 0 Å². The molecule has 1 aliphatic heterocycles. The molecule has 0 saturated heterocycles. The van der Waals surface area contributed by atoms with E-state index < -0.39 is 0 Å². The molecule has 1 unspecified atom stereocenters. The van der Waals surface area contributed by atoms with E-state index in [-0.39, 0.29) is 17.5 Å². The van der Waals surface area contributed by atoms with E-state index in [0.717, 1.165) is 70.7 Å². The minimum Gasteiger partial charge on any atom is -0.497 e. The van der Waals surface area contributed by atoms with Gasteiger partial charge >= 0.3 is 0 Å². The highest BCUT2D eigenvalue weighted by Crippen LogP contribution is 2.55. The highest BCUT2D eigenvalue weighted by Gasteiger charge is 2.49. The molecule has 0 amide bonds. The summed E-state index contributed by atoms with van der Waals surface area (Å²) in [5, 5.41) is 0. The topological polar surface area (TPSA) is 46.6 Å². The number of hydrogen-bond donors (Lipinski definition) is 0. The van der Waals surface area contributed by atoms with E-state index in [9.17, 15) is 9.59 Å². The van der Waals surface area contributed by atoms with Gasteiger partial charge < -0.3 is 9.64 Å². The van der Waals surface area contributed by atoms with Gasteiger partial charge in [0.05, 0.1) is 12.8 Å². The van der Waals surface area contributed by atoms with Gasteiger partial charge in [-0.3, -0.25) is 9.59 Å². The van der Waals surface area contributed by atoms with Crippen LogP contribution in [-0.4, -0.2) is 29.6 Å². The number of carbonyl (C=O) groups is 2. The number of rotatable bonds is 3. The number of nitrogens with zero attached hydrogens (tertiary/aromatic N) is 1. The van der Waals surface area contributed by atoms with E-state index in [4.69, 9.17) is 4.74 Å². The largest absolute Gasteiger partial charge is 0.497 e. The molecule has 4 nitrogen and oxygen atoms in total. The van der Waals surface area contributed by atoms with Crippen LogP contribution in [0.25, 0.3) is 5.70 Å². The first-order valence-corrected chi connectivity index (χ1v) is 10.8. The van der Waals surface area contributed by atoms with Gasteiger partial charge in [-0.2, -0.15) is 0 Å². The van der Waals surface area contributed by atoms with Gasteiger partial charge in [-0.1, -0.05) is 36.4 Å². The standard InChI is InChI=1S/C26H23NO3/c1-30-17-13-9-15(10-14-17)22-23-20(7-4-8-21(23)28)27(16-11-12-16)25-18-5-2-3-6-19(18)26(29)24(22)25/h2-3,5-6,9-10,13-14,16,22H,4,7-8,11-12H2,1H3. The maximum Gasteiger partial charge on any atom is 0.192 e. The number of ether oxygens (including phenoxy) is 1. The molecule has 3 aliphatic carbocycles. The fourth-order valence-corrected chi connectivity index (χ4v) is 5.38. The first-order chi connectivity index (χ1) is 14.7. The molecule has 1 atom stereocenters. The van der Waals surface area contributed by atoms with Crippen LogP contribution in [0.15, 0.2) is 65.4 Å². The molecule has 1 fully saturated rings. The minimum absolute atomic E-state index is 0.0667. The number of benzene rings is 2. The number of allylic oxidation sites excluding steroid dienone is 3. The van der Waals surface area contributed by atoms with Crippen molar-refractivity contribution in [1.29, 1.82) is 0 Å². The predicted molar refractivity (Wildman–Crippen MR) is 114 cm³/mol. The number of ketones is 2. The van der Waals surface area contributed by atoms with Gasteiger partial charge in [0.25, 0.3) is 0 Å². The number of methoxy groups -OCH3 is 1. The Morgan fingerprint density at radius 1 is 0.900 bits per heavy atom. The zero-order chi connectivity index (χ0) is 20.4. The van der Waals surface area contributed by atoms with Gasteiger partial charge in [-0.25, -0.2) is 0 Å². The number of carbonyl (C=O) groups excluding carboxylic acids is 2. The summed E-state index contributed by atoms with van der Waals surface area (Å²) in [7, 11) is 1.65. The smallest absolute Gasteiger partial charge is 0.192 e. The van der Waals surface area contributed by atoms with Gasteiger partial charge in [0.2, 0.25) is 0 Å². The second-order valence-corrected chi connectivity index (χ2v) is 8.58. The predicted octanol–water partition coefficient (Wildman–Crippen LogP) is 4.87. The maximum atomic E-state index is 13.7. The lowest BCUT2D eigenvalue weighted by Crippen LogP contribution is -2.36. The monoisotopic (exact) mass is 397 g/mol. The van der Waals surface area contributed by atoms with Crippen LogP contribution in [0.3, 0.4) is 0 Å². The lowest BCUT2D eigenvalue weighted by molar-refractivity contribution is -0.116. The van der Waals surface area contributed by atoms with E-state index in [0.29, 0.717) is 12.5 Å². The molecule has 1 saturated carbocycles. The summed E-state index contributed by atoms with van der Waals surface area (Å²) in [6, 6.07) is 16.2. The van der Waals surface area contributed by atoms with Crippen molar-refractivity contribution in [2.75, 3.05) is 7.11 Å². The second kappa shape index (κ2) is 6.43. The molecular formula is C26H23NO3. The molecule has 2 aromatic carbocycles. The normalized spacial score (nSPS) is 22.8. The molecule has 0 N–H and O–H groups in total. The van der Waals surface area contributed by atoms with Crippen molar-refractivity contribution < 1.29 is 14.3 Å². The molecule has 0 spiro atoms. The Kier molecular flexibility index (Phi) is 3.79. The number of hydrogen-bond acceptors (Lipinski definition) is 4. The van der Waals surface area contributed by atoms with Crippen LogP contribution in [0.5, 0.6) is 5.75 Å². The highest BCUT2D eigenvalue weighted by atomic mass is 16.5. The van der Waals surface area contributed by atoms with Crippen molar-refractivity contribution in [3.63, 3.8) is 0 Å². The summed E-state index contributed by atoms with van der Waals surface area (Å²) in [5.74, 6) is 0.729. The van der Waals surface area contributed by atoms with Crippen LogP contribution in [0.4, 0.5) is 0 Å². The summed E-state index contributed by atoms with van der Waals surface area (Å²) < 4.78 is 5.33. The zero-order valence-electron chi connectivity index (χ0n) is 17.0. The summed E-state index contributed by atoms with van der Waals surface area (Å²) in [6.07, 6.45) is 4.58. The molecule has 150 valence electrons. The van der Waals surface area contributed by atoms with Gasteiger partial charge in [-0.15, -0.1) is 0 Å². The Morgan fingerprint density at radius 3 is 2.33 bits per heavy atom. The number of fused-ring (bicyclic) bond motifs is 2. The van der Waals surface area contributed by atoms with Crippen LogP contribution in [0.1, 0.15) is 59.5 Å². The van der Waals surface area contributed by atoms with E-state index in [2.05, 4.69) is 11.0 Å². The molecular weight excluding hydrogens is 374 g/mol. The Morgan fingerprint density at radius 2 is 1.63 bits per heavy atom. The van der Waals surface area contributed by atoms with E-state index >= 15 is 0 Å². The Labute approximate surface area is 175 Å². The van der Waals surface area contributed by atoms with Crippen molar-refractivity contribution in [3.05, 3.63) is 82.1 Å². The molecule has 0 aromatic heterocycles. The Hall–Kier alpha value is -3.14. The average Bonchev–Trinajstić information content (AvgIpc) is 3.58. The molecule has 4 heteroatoms. The van der Waals surface area contributed by atoms with Crippen LogP contribution in [0.2, 0.25) is 0 Å². The zero-order valence-corrected chi connectivity index (χ0v) is 17.0. The molecule has 0 radical (unpaired) electrons. The van der Waals surface area contributed by atoms with E-state index in [1.807, 2.05) is 42.5 Å². The minimum atomic E-state index is -0.302. The third-order valence-corrected chi connectivity index (χ3v) is 6.83. The molecule has 4 aliphatic rings. The van der Waals surface area contributed by atoms with Crippen molar-refractivity contribution in [3.8, 4) is 5.75 Å².